The monoisotopic (exact) mass is 414 g/mol. The van der Waals surface area contributed by atoms with Crippen molar-refractivity contribution in [2.75, 3.05) is 0 Å². The van der Waals surface area contributed by atoms with Gasteiger partial charge in [-0.05, 0) is 44.2 Å². The Labute approximate surface area is 167 Å². The van der Waals surface area contributed by atoms with E-state index in [2.05, 4.69) is 32.9 Å². The molecule has 0 N–H and O–H groups in total. The largest absolute Gasteiger partial charge is 0.475 e. The van der Waals surface area contributed by atoms with Crippen LogP contribution in [0.2, 0.25) is 0 Å². The lowest BCUT2D eigenvalue weighted by molar-refractivity contribution is -0.137. The molecule has 1 aromatic rings. The van der Waals surface area contributed by atoms with Crippen molar-refractivity contribution in [2.24, 2.45) is 11.8 Å². The van der Waals surface area contributed by atoms with E-state index in [0.717, 1.165) is 11.3 Å². The van der Waals surface area contributed by atoms with Crippen molar-refractivity contribution in [3.05, 3.63) is 30.3 Å². The van der Waals surface area contributed by atoms with Crippen LogP contribution in [0.3, 0.4) is 0 Å². The van der Waals surface area contributed by atoms with E-state index in [1.807, 2.05) is 32.0 Å². The van der Waals surface area contributed by atoms with Gasteiger partial charge in [0, 0.05) is 11.3 Å². The average Bonchev–Trinajstić information content (AvgIpc) is 2.61. The maximum absolute atomic E-state index is 13.2. The van der Waals surface area contributed by atoms with E-state index >= 15 is 0 Å². The Morgan fingerprint density at radius 1 is 1.07 bits per heavy atom. The molecule has 2 heterocycles. The lowest BCUT2D eigenvalue weighted by atomic mass is 9.83. The van der Waals surface area contributed by atoms with Crippen LogP contribution in [0.1, 0.15) is 47.5 Å². The third kappa shape index (κ3) is 5.17. The Hall–Kier alpha value is -0.360. The highest BCUT2D eigenvalue weighted by Gasteiger charge is 2.48. The molecule has 0 radical (unpaired) electrons. The zero-order chi connectivity index (χ0) is 19.6. The van der Waals surface area contributed by atoms with Crippen molar-refractivity contribution < 1.29 is 22.9 Å². The Bertz CT molecular complexity index is 643. The second-order valence-corrected chi connectivity index (χ2v) is 10.4. The summed E-state index contributed by atoms with van der Waals surface area (Å²) in [5.74, 6) is 0.453. The summed E-state index contributed by atoms with van der Waals surface area (Å²) in [6.45, 7) is 10.3. The average molecular weight is 415 g/mol. The van der Waals surface area contributed by atoms with Crippen molar-refractivity contribution in [3.8, 4) is 0 Å². The van der Waals surface area contributed by atoms with Gasteiger partial charge in [0.05, 0.1) is 18.3 Å². The first-order valence-corrected chi connectivity index (χ1v) is 12.2. The molecule has 5 unspecified atom stereocenters. The molecule has 5 nitrogen and oxygen atoms in total. The number of phosphoric acid groups is 1. The number of benzene rings is 1. The smallest absolute Gasteiger partial charge is 0.361 e. The van der Waals surface area contributed by atoms with Gasteiger partial charge in [-0.25, -0.2) is 4.57 Å². The summed E-state index contributed by atoms with van der Waals surface area (Å²) in [5.41, 5.74) is -0.269. The third-order valence-electron chi connectivity index (χ3n) is 5.44. The molecule has 7 atom stereocenters. The van der Waals surface area contributed by atoms with Gasteiger partial charge in [-0.2, -0.15) is 0 Å². The molecule has 0 aliphatic carbocycles. The van der Waals surface area contributed by atoms with E-state index in [0.29, 0.717) is 12.3 Å². The predicted octanol–water partition coefficient (Wildman–Crippen LogP) is 5.89. The minimum absolute atomic E-state index is 0.146. The second kappa shape index (κ2) is 8.98. The Morgan fingerprint density at radius 3 is 2.30 bits per heavy atom. The number of ether oxygens (including phenoxy) is 1. The van der Waals surface area contributed by atoms with E-state index in [4.69, 9.17) is 18.3 Å². The summed E-state index contributed by atoms with van der Waals surface area (Å²) in [4.78, 5) is 1.10. The Kier molecular flexibility index (Phi) is 7.10. The summed E-state index contributed by atoms with van der Waals surface area (Å²) in [6.07, 6.45) is 1.11. The van der Waals surface area contributed by atoms with Crippen LogP contribution in [0.15, 0.2) is 35.2 Å². The number of hydrogen-bond donors (Lipinski definition) is 0. The number of thioether (sulfide) groups is 1. The van der Waals surface area contributed by atoms with Crippen LogP contribution in [0.25, 0.3) is 0 Å². The fraction of sp³-hybridized carbons (Fsp3) is 0.700. The molecule has 2 saturated heterocycles. The van der Waals surface area contributed by atoms with Crippen LogP contribution in [-0.4, -0.2) is 29.9 Å². The topological polar surface area (TPSA) is 54.0 Å². The zero-order valence-corrected chi connectivity index (χ0v) is 18.5. The molecular formula is C20H31O5PS. The van der Waals surface area contributed by atoms with Gasteiger partial charge in [0.1, 0.15) is 11.5 Å². The van der Waals surface area contributed by atoms with Gasteiger partial charge >= 0.3 is 7.82 Å². The van der Waals surface area contributed by atoms with Crippen LogP contribution >= 0.6 is 19.6 Å². The van der Waals surface area contributed by atoms with E-state index in [9.17, 15) is 4.57 Å². The molecule has 27 heavy (non-hydrogen) atoms. The highest BCUT2D eigenvalue weighted by atomic mass is 32.2. The van der Waals surface area contributed by atoms with Crippen molar-refractivity contribution in [3.63, 3.8) is 0 Å². The molecule has 3 rings (SSSR count). The van der Waals surface area contributed by atoms with Crippen molar-refractivity contribution in [1.29, 1.82) is 0 Å². The fourth-order valence-corrected chi connectivity index (χ4v) is 6.92. The second-order valence-electron chi connectivity index (χ2n) is 7.69. The Balaban J connectivity index is 1.82. The number of rotatable bonds is 5. The maximum Gasteiger partial charge on any atom is 0.475 e. The van der Waals surface area contributed by atoms with Crippen LogP contribution in [-0.2, 0) is 22.9 Å². The molecular weight excluding hydrogens is 383 g/mol. The molecule has 2 fully saturated rings. The van der Waals surface area contributed by atoms with Crippen molar-refractivity contribution in [1.82, 2.24) is 0 Å². The first kappa shape index (κ1) is 21.4. The van der Waals surface area contributed by atoms with E-state index in [1.54, 1.807) is 11.8 Å². The van der Waals surface area contributed by atoms with Gasteiger partial charge in [0.15, 0.2) is 0 Å². The minimum atomic E-state index is -3.62. The number of hydrogen-bond acceptors (Lipinski definition) is 6. The third-order valence-corrected chi connectivity index (χ3v) is 8.34. The molecule has 2 aliphatic rings. The lowest BCUT2D eigenvalue weighted by Crippen LogP contribution is -2.48. The predicted molar refractivity (Wildman–Crippen MR) is 108 cm³/mol. The van der Waals surface area contributed by atoms with Gasteiger partial charge in [0.2, 0.25) is 0 Å². The lowest BCUT2D eigenvalue weighted by Gasteiger charge is -2.45. The van der Waals surface area contributed by atoms with Gasteiger partial charge in [-0.1, -0.05) is 50.7 Å². The van der Waals surface area contributed by atoms with E-state index in [-0.39, 0.29) is 35.8 Å². The summed E-state index contributed by atoms with van der Waals surface area (Å²) in [6, 6.07) is 10.1. The van der Waals surface area contributed by atoms with Gasteiger partial charge in [0.25, 0.3) is 0 Å². The summed E-state index contributed by atoms with van der Waals surface area (Å²) < 4.78 is 36.9. The quantitative estimate of drug-likeness (QED) is 0.560. The van der Waals surface area contributed by atoms with Crippen LogP contribution in [0.4, 0.5) is 0 Å². The first-order valence-electron chi connectivity index (χ1n) is 9.83. The highest BCUT2D eigenvalue weighted by molar-refractivity contribution is 7.99. The van der Waals surface area contributed by atoms with Gasteiger partial charge < -0.3 is 4.74 Å². The molecule has 152 valence electrons. The van der Waals surface area contributed by atoms with Crippen molar-refractivity contribution >= 4 is 19.6 Å². The molecule has 0 aromatic heterocycles. The summed E-state index contributed by atoms with van der Waals surface area (Å²) in [5, 5.41) is 0. The minimum Gasteiger partial charge on any atom is -0.361 e. The van der Waals surface area contributed by atoms with Crippen LogP contribution < -0.4 is 0 Å². The molecule has 0 spiro atoms. The first-order chi connectivity index (χ1) is 12.8. The SMILES string of the molecule is CCC1OC(Sc2ccccc2)C(OP2(=O)O[C@@H](C)C[C@H](C)O2)C(C)C1C. The highest BCUT2D eigenvalue weighted by Crippen LogP contribution is 2.58. The molecule has 0 amide bonds. The van der Waals surface area contributed by atoms with Crippen molar-refractivity contribution in [2.45, 2.75) is 82.2 Å². The van der Waals surface area contributed by atoms with Gasteiger partial charge in [-0.3, -0.25) is 13.6 Å². The number of phosphoric ester groups is 1. The Morgan fingerprint density at radius 2 is 1.70 bits per heavy atom. The van der Waals surface area contributed by atoms with Crippen LogP contribution in [0, 0.1) is 11.8 Å². The standard InChI is InChI=1S/C20H31O5PS/c1-6-18-15(4)16(5)19(20(22-18)27-17-10-8-7-9-11-17)25-26(21)23-13(2)12-14(3)24-26/h7-11,13-16,18-20H,6,12H2,1-5H3/t13-,14-,15?,16?,18?,19?,20?/m0/s1. The normalized spacial score (nSPS) is 42.8. The van der Waals surface area contributed by atoms with E-state index < -0.39 is 7.82 Å². The molecule has 2 aliphatic heterocycles. The zero-order valence-electron chi connectivity index (χ0n) is 16.7. The molecule has 7 heteroatoms. The molecule has 0 saturated carbocycles. The van der Waals surface area contributed by atoms with Crippen LogP contribution in [0.5, 0.6) is 0 Å². The molecule has 0 bridgehead atoms. The summed E-state index contributed by atoms with van der Waals surface area (Å²) >= 11 is 1.61. The van der Waals surface area contributed by atoms with E-state index in [1.165, 1.54) is 0 Å². The van der Waals surface area contributed by atoms with Gasteiger partial charge in [-0.15, -0.1) is 0 Å². The summed E-state index contributed by atoms with van der Waals surface area (Å²) in [7, 11) is -3.62. The fourth-order valence-electron chi connectivity index (χ4n) is 3.82. The maximum atomic E-state index is 13.2. The molecule has 1 aromatic carbocycles.